The number of carbonyl (C=O) groups is 2. The molecule has 1 heterocycles. The third-order valence-electron chi connectivity index (χ3n) is 4.72. The van der Waals surface area contributed by atoms with E-state index in [2.05, 4.69) is 10.6 Å². The number of amides is 2. The molecule has 0 spiro atoms. The van der Waals surface area contributed by atoms with E-state index in [1.807, 2.05) is 32.0 Å². The first-order valence-electron chi connectivity index (χ1n) is 9.55. The lowest BCUT2D eigenvalue weighted by atomic mass is 10.1. The lowest BCUT2D eigenvalue weighted by molar-refractivity contribution is -0.116. The number of rotatable bonds is 7. The van der Waals surface area contributed by atoms with E-state index >= 15 is 0 Å². The summed E-state index contributed by atoms with van der Waals surface area (Å²) in [6.45, 7) is 3.96. The highest BCUT2D eigenvalue weighted by molar-refractivity contribution is 8.01. The molecule has 2 aromatic carbocycles. The second-order valence-corrected chi connectivity index (χ2v) is 10.2. The Bertz CT molecular complexity index is 1030. The normalized spacial score (nSPS) is 16.1. The van der Waals surface area contributed by atoms with Gasteiger partial charge in [0.1, 0.15) is 0 Å². The maximum Gasteiger partial charge on any atom is 0.237 e. The number of fused-ring (bicyclic) bond motifs is 1. The zero-order valence-corrected chi connectivity index (χ0v) is 18.0. The van der Waals surface area contributed by atoms with E-state index in [-0.39, 0.29) is 34.1 Å². The number of anilines is 2. The van der Waals surface area contributed by atoms with Gasteiger partial charge in [-0.05, 0) is 48.7 Å². The smallest absolute Gasteiger partial charge is 0.237 e. The molecule has 1 atom stereocenters. The van der Waals surface area contributed by atoms with Gasteiger partial charge >= 0.3 is 0 Å². The molecule has 2 aromatic rings. The lowest BCUT2D eigenvalue weighted by Crippen LogP contribution is -2.28. The number of benzene rings is 2. The van der Waals surface area contributed by atoms with Crippen LogP contribution in [0.5, 0.6) is 0 Å². The lowest BCUT2D eigenvalue weighted by Gasteiger charge is -2.23. The monoisotopic (exact) mass is 432 g/mol. The van der Waals surface area contributed by atoms with Crippen LogP contribution < -0.4 is 10.6 Å². The molecule has 0 aromatic heterocycles. The minimum Gasteiger partial charge on any atom is -0.326 e. The summed E-state index contributed by atoms with van der Waals surface area (Å²) in [5, 5.41) is 5.36. The van der Waals surface area contributed by atoms with Crippen molar-refractivity contribution in [2.24, 2.45) is 0 Å². The van der Waals surface area contributed by atoms with Crippen molar-refractivity contribution in [2.45, 2.75) is 48.2 Å². The number of thioether (sulfide) groups is 1. The summed E-state index contributed by atoms with van der Waals surface area (Å²) >= 11 is 1.44. The van der Waals surface area contributed by atoms with E-state index in [9.17, 15) is 18.0 Å². The fraction of sp³-hybridized carbons (Fsp3) is 0.333. The molecule has 0 radical (unpaired) electrons. The maximum absolute atomic E-state index is 12.7. The molecule has 0 bridgehead atoms. The molecular formula is C21H24N2O4S2. The number of sulfone groups is 1. The van der Waals surface area contributed by atoms with Crippen LogP contribution in [0, 0.1) is 0 Å². The Kier molecular flexibility index (Phi) is 6.64. The maximum atomic E-state index is 12.7. The topological polar surface area (TPSA) is 92.3 Å². The van der Waals surface area contributed by atoms with Gasteiger partial charge in [0.2, 0.25) is 11.8 Å². The molecule has 0 aliphatic carbocycles. The van der Waals surface area contributed by atoms with Crippen molar-refractivity contribution in [1.82, 2.24) is 0 Å². The highest BCUT2D eigenvalue weighted by Crippen LogP contribution is 2.38. The second kappa shape index (κ2) is 9.00. The third kappa shape index (κ3) is 5.19. The first kappa shape index (κ1) is 21.4. The minimum absolute atomic E-state index is 0.105. The molecule has 0 fully saturated rings. The van der Waals surface area contributed by atoms with Crippen molar-refractivity contribution in [3.63, 3.8) is 0 Å². The number of carbonyl (C=O) groups excluding carboxylic acids is 2. The largest absolute Gasteiger partial charge is 0.326 e. The number of aryl methyl sites for hydroxylation is 1. The Labute approximate surface area is 175 Å². The van der Waals surface area contributed by atoms with Gasteiger partial charge in [-0.25, -0.2) is 8.42 Å². The van der Waals surface area contributed by atoms with Gasteiger partial charge in [-0.2, -0.15) is 0 Å². The fourth-order valence-corrected chi connectivity index (χ4v) is 5.31. The van der Waals surface area contributed by atoms with E-state index in [0.29, 0.717) is 17.8 Å². The van der Waals surface area contributed by atoms with Gasteiger partial charge in [-0.3, -0.25) is 9.59 Å². The van der Waals surface area contributed by atoms with Gasteiger partial charge in [0.15, 0.2) is 9.84 Å². The minimum atomic E-state index is -3.65. The zero-order valence-electron chi connectivity index (χ0n) is 16.4. The number of hydrogen-bond donors (Lipinski definition) is 2. The van der Waals surface area contributed by atoms with Gasteiger partial charge in [0.25, 0.3) is 0 Å². The Balaban J connectivity index is 1.66. The highest BCUT2D eigenvalue weighted by Gasteiger charge is 2.27. The predicted molar refractivity (Wildman–Crippen MR) is 116 cm³/mol. The van der Waals surface area contributed by atoms with Gasteiger partial charge in [0, 0.05) is 17.0 Å². The van der Waals surface area contributed by atoms with E-state index in [1.165, 1.54) is 23.9 Å². The average molecular weight is 433 g/mol. The van der Waals surface area contributed by atoms with Gasteiger partial charge in [0.05, 0.1) is 21.6 Å². The summed E-state index contributed by atoms with van der Waals surface area (Å²) in [5.41, 5.74) is 2.26. The van der Waals surface area contributed by atoms with Crippen LogP contribution in [0.25, 0.3) is 0 Å². The first-order valence-corrected chi connectivity index (χ1v) is 12.1. The zero-order chi connectivity index (χ0) is 21.0. The Morgan fingerprint density at radius 2 is 1.97 bits per heavy atom. The molecule has 8 heteroatoms. The molecule has 2 amide bonds. The summed E-state index contributed by atoms with van der Waals surface area (Å²) in [6.07, 6.45) is 1.41. The molecule has 0 saturated carbocycles. The van der Waals surface area contributed by atoms with E-state index in [1.54, 1.807) is 12.1 Å². The van der Waals surface area contributed by atoms with Crippen molar-refractivity contribution in [3.8, 4) is 0 Å². The standard InChI is InChI=1S/C21H24N2O4S2/c1-3-14-6-5-7-15(12-14)22-20(24)10-11-29(26,27)16-8-9-19-17(13-16)23-21(25)18(4-2)28-19/h5-9,12-13,18H,3-4,10-11H2,1-2H3,(H,22,24)(H,23,25). The second-order valence-electron chi connectivity index (χ2n) is 6.83. The molecular weight excluding hydrogens is 408 g/mol. The summed E-state index contributed by atoms with van der Waals surface area (Å²) in [7, 11) is -3.65. The van der Waals surface area contributed by atoms with Crippen LogP contribution in [-0.2, 0) is 25.8 Å². The summed E-state index contributed by atoms with van der Waals surface area (Å²) < 4.78 is 25.4. The van der Waals surface area contributed by atoms with Crippen LogP contribution in [0.15, 0.2) is 52.3 Å². The Morgan fingerprint density at radius 1 is 1.17 bits per heavy atom. The molecule has 3 rings (SSSR count). The number of hydrogen-bond acceptors (Lipinski definition) is 5. The molecule has 6 nitrogen and oxygen atoms in total. The van der Waals surface area contributed by atoms with E-state index < -0.39 is 9.84 Å². The predicted octanol–water partition coefficient (Wildman–Crippen LogP) is 3.87. The summed E-state index contributed by atoms with van der Waals surface area (Å²) in [4.78, 5) is 25.2. The quantitative estimate of drug-likeness (QED) is 0.693. The Morgan fingerprint density at radius 3 is 2.69 bits per heavy atom. The average Bonchev–Trinajstić information content (AvgIpc) is 2.71. The molecule has 0 saturated heterocycles. The van der Waals surface area contributed by atoms with Gasteiger partial charge < -0.3 is 10.6 Å². The van der Waals surface area contributed by atoms with Crippen LogP contribution in [0.1, 0.15) is 32.3 Å². The fourth-order valence-electron chi connectivity index (χ4n) is 3.03. The van der Waals surface area contributed by atoms with Crippen LogP contribution in [0.3, 0.4) is 0 Å². The Hall–Kier alpha value is -2.32. The van der Waals surface area contributed by atoms with Crippen LogP contribution in [0.2, 0.25) is 0 Å². The molecule has 2 N–H and O–H groups in total. The van der Waals surface area contributed by atoms with Crippen molar-refractivity contribution in [3.05, 3.63) is 48.0 Å². The molecule has 1 unspecified atom stereocenters. The van der Waals surface area contributed by atoms with Crippen molar-refractivity contribution in [2.75, 3.05) is 16.4 Å². The van der Waals surface area contributed by atoms with Crippen LogP contribution in [0.4, 0.5) is 11.4 Å². The van der Waals surface area contributed by atoms with E-state index in [4.69, 9.17) is 0 Å². The molecule has 1 aliphatic rings. The van der Waals surface area contributed by atoms with Crippen molar-refractivity contribution in [1.29, 1.82) is 0 Å². The van der Waals surface area contributed by atoms with Gasteiger partial charge in [-0.1, -0.05) is 26.0 Å². The molecule has 29 heavy (non-hydrogen) atoms. The SMILES string of the molecule is CCc1cccc(NC(=O)CCS(=O)(=O)c2ccc3c(c2)NC(=O)C(CC)S3)c1. The number of nitrogens with one attached hydrogen (secondary N) is 2. The van der Waals surface area contributed by atoms with E-state index in [0.717, 1.165) is 16.9 Å². The summed E-state index contributed by atoms with van der Waals surface area (Å²) in [6, 6.07) is 12.2. The molecule has 1 aliphatic heterocycles. The third-order valence-corrected chi connectivity index (χ3v) is 7.87. The first-order chi connectivity index (χ1) is 13.8. The van der Waals surface area contributed by atoms with Crippen molar-refractivity contribution >= 4 is 44.8 Å². The molecule has 154 valence electrons. The highest BCUT2D eigenvalue weighted by atomic mass is 32.2. The van der Waals surface area contributed by atoms with Gasteiger partial charge in [-0.15, -0.1) is 11.8 Å². The van der Waals surface area contributed by atoms with Crippen molar-refractivity contribution < 1.29 is 18.0 Å². The van der Waals surface area contributed by atoms with Crippen LogP contribution >= 0.6 is 11.8 Å². The summed E-state index contributed by atoms with van der Waals surface area (Å²) in [5.74, 6) is -0.772. The van der Waals surface area contributed by atoms with Crippen LogP contribution in [-0.4, -0.2) is 31.2 Å².